The number of anilines is 1. The van der Waals surface area contributed by atoms with E-state index >= 15 is 0 Å². The van der Waals surface area contributed by atoms with Crippen LogP contribution in [-0.2, 0) is 14.8 Å². The van der Waals surface area contributed by atoms with Crippen LogP contribution in [0.25, 0.3) is 0 Å². The van der Waals surface area contributed by atoms with Crippen molar-refractivity contribution in [2.45, 2.75) is 25.0 Å². The smallest absolute Gasteiger partial charge is 0.235 e. The van der Waals surface area contributed by atoms with Crippen LogP contribution in [0.4, 0.5) is 5.69 Å². The van der Waals surface area contributed by atoms with Crippen molar-refractivity contribution in [3.05, 3.63) is 29.8 Å². The third-order valence-corrected chi connectivity index (χ3v) is 5.03. The van der Waals surface area contributed by atoms with Crippen LogP contribution in [0.2, 0.25) is 0 Å². The quantitative estimate of drug-likeness (QED) is 0.855. The summed E-state index contributed by atoms with van der Waals surface area (Å²) in [6.45, 7) is 2.44. The summed E-state index contributed by atoms with van der Waals surface area (Å²) < 4.78 is 32.0. The number of benzene rings is 1. The lowest BCUT2D eigenvalue weighted by Crippen LogP contribution is -2.33. The normalized spacial score (nSPS) is 17.1. The van der Waals surface area contributed by atoms with Crippen molar-refractivity contribution in [2.24, 2.45) is 0 Å². The van der Waals surface area contributed by atoms with Crippen LogP contribution in [-0.4, -0.2) is 32.7 Å². The molecule has 0 atom stereocenters. The Hall–Kier alpha value is -1.40. The fraction of sp³-hybridized carbons (Fsp3) is 0.462. The Morgan fingerprint density at radius 2 is 1.79 bits per heavy atom. The van der Waals surface area contributed by atoms with Crippen LogP contribution < -0.4 is 4.72 Å². The molecule has 0 aliphatic carbocycles. The molecule has 0 unspecified atom stereocenters. The van der Waals surface area contributed by atoms with E-state index in [1.807, 2.05) is 0 Å². The van der Waals surface area contributed by atoms with Crippen LogP contribution >= 0.6 is 0 Å². The molecule has 1 aliphatic heterocycles. The second-order valence-corrected chi connectivity index (χ2v) is 6.55. The fourth-order valence-corrected chi connectivity index (χ4v) is 3.45. The second kappa shape index (κ2) is 5.71. The summed E-state index contributed by atoms with van der Waals surface area (Å²) in [5.74, 6) is -0.0427. The average Bonchev–Trinajstić information content (AvgIpc) is 2.40. The molecule has 1 aliphatic rings. The van der Waals surface area contributed by atoms with Gasteiger partial charge in [-0.25, -0.2) is 8.42 Å². The van der Waals surface area contributed by atoms with Gasteiger partial charge >= 0.3 is 0 Å². The van der Waals surface area contributed by atoms with Crippen LogP contribution in [0.5, 0.6) is 0 Å². The lowest BCUT2D eigenvalue weighted by Gasteiger charge is -2.22. The fourth-order valence-electron chi connectivity index (χ4n) is 2.01. The van der Waals surface area contributed by atoms with Gasteiger partial charge in [-0.1, -0.05) is 0 Å². The van der Waals surface area contributed by atoms with Gasteiger partial charge in [0.05, 0.1) is 5.25 Å². The average molecular weight is 283 g/mol. The number of nitrogens with one attached hydrogen (secondary N) is 1. The molecule has 2 rings (SSSR count). The van der Waals surface area contributed by atoms with Gasteiger partial charge in [-0.2, -0.15) is 0 Å². The molecule has 0 amide bonds. The standard InChI is InChI=1S/C13H17NO4S/c1-10(15)11-2-4-12(5-3-11)14-19(16,17)13-6-8-18-9-7-13/h2-5,13-14H,6-9H2,1H3. The zero-order valence-corrected chi connectivity index (χ0v) is 11.6. The summed E-state index contributed by atoms with van der Waals surface area (Å²) in [7, 11) is -3.38. The Labute approximate surface area is 113 Å². The molecule has 0 radical (unpaired) electrons. The van der Waals surface area contributed by atoms with Gasteiger partial charge in [0.15, 0.2) is 5.78 Å². The topological polar surface area (TPSA) is 72.5 Å². The molecule has 0 saturated carbocycles. The summed E-state index contributed by atoms with van der Waals surface area (Å²) >= 11 is 0. The molecule has 1 saturated heterocycles. The van der Waals surface area contributed by atoms with Gasteiger partial charge in [0, 0.05) is 24.5 Å². The van der Waals surface area contributed by atoms with E-state index in [9.17, 15) is 13.2 Å². The van der Waals surface area contributed by atoms with Crippen molar-refractivity contribution in [1.29, 1.82) is 0 Å². The van der Waals surface area contributed by atoms with Crippen LogP contribution in [0.1, 0.15) is 30.1 Å². The largest absolute Gasteiger partial charge is 0.381 e. The third-order valence-electron chi connectivity index (χ3n) is 3.16. The van der Waals surface area contributed by atoms with Gasteiger partial charge < -0.3 is 4.74 Å². The van der Waals surface area contributed by atoms with Crippen molar-refractivity contribution in [3.8, 4) is 0 Å². The van der Waals surface area contributed by atoms with E-state index < -0.39 is 15.3 Å². The monoisotopic (exact) mass is 283 g/mol. The molecule has 104 valence electrons. The number of carbonyl (C=O) groups excluding carboxylic acids is 1. The molecule has 1 aromatic rings. The molecule has 5 nitrogen and oxygen atoms in total. The lowest BCUT2D eigenvalue weighted by atomic mass is 10.1. The summed E-state index contributed by atoms with van der Waals surface area (Å²) in [5.41, 5.74) is 1.05. The number of hydrogen-bond acceptors (Lipinski definition) is 4. The Morgan fingerprint density at radius 1 is 1.21 bits per heavy atom. The molecule has 1 N–H and O–H groups in total. The summed E-state index contributed by atoms with van der Waals surface area (Å²) in [4.78, 5) is 11.1. The first-order valence-corrected chi connectivity index (χ1v) is 7.74. The van der Waals surface area contributed by atoms with Crippen molar-refractivity contribution >= 4 is 21.5 Å². The van der Waals surface area contributed by atoms with E-state index in [-0.39, 0.29) is 5.78 Å². The Kier molecular flexibility index (Phi) is 4.21. The van der Waals surface area contributed by atoms with Gasteiger partial charge in [-0.3, -0.25) is 9.52 Å². The lowest BCUT2D eigenvalue weighted by molar-refractivity contribution is 0.0984. The maximum atomic E-state index is 12.1. The number of Topliss-reactive ketones (excluding diaryl/α,β-unsaturated/α-hetero) is 1. The molecule has 0 bridgehead atoms. The minimum absolute atomic E-state index is 0.0427. The zero-order chi connectivity index (χ0) is 13.9. The van der Waals surface area contributed by atoms with Gasteiger partial charge in [0.1, 0.15) is 0 Å². The molecule has 0 aromatic heterocycles. The number of ketones is 1. The number of rotatable bonds is 4. The van der Waals surface area contributed by atoms with Crippen LogP contribution in [0.15, 0.2) is 24.3 Å². The predicted molar refractivity (Wildman–Crippen MR) is 72.8 cm³/mol. The Balaban J connectivity index is 2.09. The molecule has 19 heavy (non-hydrogen) atoms. The summed E-state index contributed by atoms with van der Waals surface area (Å²) in [5, 5.41) is -0.409. The maximum Gasteiger partial charge on any atom is 0.235 e. The van der Waals surface area contributed by atoms with E-state index in [1.54, 1.807) is 24.3 Å². The van der Waals surface area contributed by atoms with Crippen molar-refractivity contribution in [3.63, 3.8) is 0 Å². The van der Waals surface area contributed by atoms with E-state index in [2.05, 4.69) is 4.72 Å². The molecule has 1 fully saturated rings. The number of carbonyl (C=O) groups is 1. The minimum Gasteiger partial charge on any atom is -0.381 e. The predicted octanol–water partition coefficient (Wildman–Crippen LogP) is 1.81. The number of sulfonamides is 1. The van der Waals surface area contributed by atoms with E-state index in [4.69, 9.17) is 4.74 Å². The third kappa shape index (κ3) is 3.54. The number of ether oxygens (including phenoxy) is 1. The molecular weight excluding hydrogens is 266 g/mol. The van der Waals surface area contributed by atoms with Gasteiger partial charge in [0.25, 0.3) is 0 Å². The molecule has 6 heteroatoms. The first-order chi connectivity index (χ1) is 8.99. The van der Waals surface area contributed by atoms with Gasteiger partial charge in [-0.05, 0) is 44.0 Å². The minimum atomic E-state index is -3.38. The number of hydrogen-bond donors (Lipinski definition) is 1. The molecule has 1 aromatic carbocycles. The highest BCUT2D eigenvalue weighted by Gasteiger charge is 2.27. The van der Waals surface area contributed by atoms with Crippen molar-refractivity contribution in [1.82, 2.24) is 0 Å². The molecule has 0 spiro atoms. The van der Waals surface area contributed by atoms with Crippen LogP contribution in [0.3, 0.4) is 0 Å². The molecular formula is C13H17NO4S. The Morgan fingerprint density at radius 3 is 2.32 bits per heavy atom. The maximum absolute atomic E-state index is 12.1. The first kappa shape index (κ1) is 14.0. The van der Waals surface area contributed by atoms with Gasteiger partial charge in [0.2, 0.25) is 10.0 Å². The van der Waals surface area contributed by atoms with E-state index in [0.29, 0.717) is 37.3 Å². The highest BCUT2D eigenvalue weighted by molar-refractivity contribution is 7.93. The zero-order valence-electron chi connectivity index (χ0n) is 10.8. The van der Waals surface area contributed by atoms with E-state index in [1.165, 1.54) is 6.92 Å². The summed E-state index contributed by atoms with van der Waals surface area (Å²) in [6.07, 6.45) is 1.03. The first-order valence-electron chi connectivity index (χ1n) is 6.19. The van der Waals surface area contributed by atoms with Crippen LogP contribution in [0, 0.1) is 0 Å². The summed E-state index contributed by atoms with van der Waals surface area (Å²) in [6, 6.07) is 6.44. The highest BCUT2D eigenvalue weighted by atomic mass is 32.2. The molecule has 1 heterocycles. The Bertz CT molecular complexity index is 545. The van der Waals surface area contributed by atoms with Gasteiger partial charge in [-0.15, -0.1) is 0 Å². The highest BCUT2D eigenvalue weighted by Crippen LogP contribution is 2.19. The van der Waals surface area contributed by atoms with E-state index in [0.717, 1.165) is 0 Å². The second-order valence-electron chi connectivity index (χ2n) is 4.59. The van der Waals surface area contributed by atoms with Crippen molar-refractivity contribution < 1.29 is 17.9 Å². The SMILES string of the molecule is CC(=O)c1ccc(NS(=O)(=O)C2CCOCC2)cc1. The van der Waals surface area contributed by atoms with Crippen molar-refractivity contribution in [2.75, 3.05) is 17.9 Å².